The Morgan fingerprint density at radius 1 is 1.20 bits per heavy atom. The van der Waals surface area contributed by atoms with E-state index in [9.17, 15) is 0 Å². The second-order valence-electron chi connectivity index (χ2n) is 3.18. The van der Waals surface area contributed by atoms with Gasteiger partial charge in [0.15, 0.2) is 0 Å². The van der Waals surface area contributed by atoms with Crippen molar-refractivity contribution < 1.29 is 5.11 Å². The monoisotopic (exact) mass is 261 g/mol. The normalized spacial score (nSPS) is 6.45. The highest BCUT2D eigenvalue weighted by molar-refractivity contribution is 5.48. The van der Waals surface area contributed by atoms with Crippen LogP contribution in [-0.2, 0) is 0 Å². The van der Waals surface area contributed by atoms with Gasteiger partial charge in [-0.3, -0.25) is 0 Å². The molecule has 0 aromatic heterocycles. The molecule has 0 aliphatic rings. The zero-order chi connectivity index (χ0) is 15.2. The van der Waals surface area contributed by atoms with Gasteiger partial charge in [-0.2, -0.15) is 0 Å². The third-order valence-electron chi connectivity index (χ3n) is 1.78. The van der Waals surface area contributed by atoms with Crippen molar-refractivity contribution in [2.24, 2.45) is 5.11 Å². The van der Waals surface area contributed by atoms with E-state index >= 15 is 0 Å². The maximum absolute atomic E-state index is 8.97. The highest BCUT2D eigenvalue weighted by atomic mass is 16.3. The number of azide groups is 1. The fourth-order valence-corrected chi connectivity index (χ4v) is 0.992. The number of hydrogen-bond donors (Lipinski definition) is 1. The molecule has 0 spiro atoms. The lowest BCUT2D eigenvalue weighted by atomic mass is 10.2. The molecule has 0 radical (unpaired) electrons. The number of phenols is 1. The number of aromatic hydroxyl groups is 1. The lowest BCUT2D eigenvalue weighted by molar-refractivity contribution is 0.475. The van der Waals surface area contributed by atoms with Crippen LogP contribution < -0.4 is 0 Å². The van der Waals surface area contributed by atoms with Crippen LogP contribution in [0.3, 0.4) is 0 Å². The van der Waals surface area contributed by atoms with Crippen LogP contribution in [-0.4, -0.2) is 5.11 Å². The lowest BCUT2D eigenvalue weighted by Crippen LogP contribution is -1.71. The third kappa shape index (κ3) is 7.78. The first-order chi connectivity index (χ1) is 9.65. The van der Waals surface area contributed by atoms with Gasteiger partial charge < -0.3 is 5.11 Å². The number of nitrogens with zero attached hydrogens (tertiary/aromatic N) is 3. The molecule has 4 heteroatoms. The van der Waals surface area contributed by atoms with Gasteiger partial charge in [0.25, 0.3) is 0 Å². The molecule has 1 N–H and O–H groups in total. The number of hydrogen-bond acceptors (Lipinski definition) is 2. The van der Waals surface area contributed by atoms with Crippen LogP contribution >= 0.6 is 0 Å². The molecule has 0 aliphatic carbocycles. The van der Waals surface area contributed by atoms with Crippen LogP contribution in [0.15, 0.2) is 23.3 Å². The summed E-state index contributed by atoms with van der Waals surface area (Å²) in [4.78, 5) is 2.64. The molecule has 0 atom stereocenters. The molecule has 0 saturated carbocycles. The molecule has 1 rings (SSSR count). The Morgan fingerprint density at radius 2 is 1.85 bits per heavy atom. The van der Waals surface area contributed by atoms with E-state index in [1.165, 1.54) is 6.07 Å². The van der Waals surface area contributed by atoms with Crippen molar-refractivity contribution in [2.45, 2.75) is 13.8 Å². The number of phenolic OH excluding ortho intramolecular Hbond substituents is 1. The van der Waals surface area contributed by atoms with E-state index in [-0.39, 0.29) is 5.75 Å². The first kappa shape index (κ1) is 16.6. The molecule has 1 aromatic carbocycles. The van der Waals surface area contributed by atoms with Gasteiger partial charge in [-0.1, -0.05) is 11.0 Å². The summed E-state index contributed by atoms with van der Waals surface area (Å²) in [6, 6.07) is 4.60. The average Bonchev–Trinajstić information content (AvgIpc) is 2.43. The van der Waals surface area contributed by atoms with E-state index in [1.807, 2.05) is 0 Å². The Kier molecular flexibility index (Phi) is 8.87. The van der Waals surface area contributed by atoms with E-state index in [0.717, 1.165) is 5.56 Å². The van der Waals surface area contributed by atoms with Crippen molar-refractivity contribution in [1.82, 2.24) is 0 Å². The van der Waals surface area contributed by atoms with Gasteiger partial charge in [0.1, 0.15) is 5.75 Å². The predicted octanol–water partition coefficient (Wildman–Crippen LogP) is 3.29. The highest BCUT2D eigenvalue weighted by Crippen LogP contribution is 2.22. The summed E-state index contributed by atoms with van der Waals surface area (Å²) in [5, 5.41) is 12.4. The summed E-state index contributed by atoms with van der Waals surface area (Å²) < 4.78 is 0. The van der Waals surface area contributed by atoms with E-state index in [2.05, 4.69) is 51.5 Å². The van der Waals surface area contributed by atoms with Crippen molar-refractivity contribution in [2.75, 3.05) is 0 Å². The molecule has 0 fully saturated rings. The van der Waals surface area contributed by atoms with Gasteiger partial charge in [0.05, 0.1) is 0 Å². The number of aryl methyl sites for hydroxylation is 1. The molecule has 20 heavy (non-hydrogen) atoms. The molecule has 0 unspecified atom stereocenters. The zero-order valence-corrected chi connectivity index (χ0v) is 11.1. The molecule has 0 bridgehead atoms. The molecule has 0 aliphatic heterocycles. The molecular formula is C16H11N3O. The summed E-state index contributed by atoms with van der Waals surface area (Å²) in [7, 11) is 0. The Labute approximate surface area is 118 Å². The second-order valence-corrected chi connectivity index (χ2v) is 3.18. The van der Waals surface area contributed by atoms with Crippen molar-refractivity contribution >= 4 is 5.69 Å². The molecule has 0 heterocycles. The highest BCUT2D eigenvalue weighted by Gasteiger charge is 1.94. The Morgan fingerprint density at radius 3 is 2.40 bits per heavy atom. The van der Waals surface area contributed by atoms with Gasteiger partial charge in [0, 0.05) is 10.6 Å². The fraction of sp³-hybridized carbons (Fsp3) is 0.125. The lowest BCUT2D eigenvalue weighted by Gasteiger charge is -1.97. The number of terminal acetylenes is 1. The van der Waals surface area contributed by atoms with Crippen LogP contribution in [0.1, 0.15) is 12.5 Å². The molecule has 0 saturated heterocycles. The summed E-state index contributed by atoms with van der Waals surface area (Å²) in [6.45, 7) is 3.48. The van der Waals surface area contributed by atoms with Crippen LogP contribution in [0.2, 0.25) is 0 Å². The summed E-state index contributed by atoms with van der Waals surface area (Å²) in [5.41, 5.74) is 9.42. The van der Waals surface area contributed by atoms with Crippen molar-refractivity contribution in [1.29, 1.82) is 0 Å². The summed E-state index contributed by atoms with van der Waals surface area (Å²) in [5.74, 6) is 17.2. The average molecular weight is 261 g/mol. The first-order valence-corrected chi connectivity index (χ1v) is 5.37. The molecular weight excluding hydrogens is 250 g/mol. The van der Waals surface area contributed by atoms with Crippen LogP contribution in [0.25, 0.3) is 10.4 Å². The number of benzene rings is 1. The molecule has 0 amide bonds. The fourth-order valence-electron chi connectivity index (χ4n) is 0.992. The van der Waals surface area contributed by atoms with Crippen molar-refractivity contribution in [3.05, 3.63) is 34.2 Å². The molecule has 4 nitrogen and oxygen atoms in total. The Bertz CT molecular complexity index is 732. The second kappa shape index (κ2) is 10.7. The largest absolute Gasteiger partial charge is 0.508 e. The standard InChI is InChI=1S/C9H4.C7H7N3O/c1-3-5-7-9-8-6-4-2;1-5-4-6(11)2-3-7(5)9-10-8/h1H,2H3;2-4,11H,1H3. The Hall–Kier alpha value is -3.43. The first-order valence-electron chi connectivity index (χ1n) is 5.37. The van der Waals surface area contributed by atoms with Gasteiger partial charge >= 0.3 is 0 Å². The minimum Gasteiger partial charge on any atom is -0.508 e. The van der Waals surface area contributed by atoms with Crippen molar-refractivity contribution in [3.8, 4) is 53.6 Å². The Balaban J connectivity index is 0.000000370. The quantitative estimate of drug-likeness (QED) is 0.358. The smallest absolute Gasteiger partial charge is 0.115 e. The van der Waals surface area contributed by atoms with Crippen LogP contribution in [0.5, 0.6) is 5.75 Å². The van der Waals surface area contributed by atoms with Crippen molar-refractivity contribution in [3.63, 3.8) is 0 Å². The van der Waals surface area contributed by atoms with Crippen LogP contribution in [0, 0.1) is 54.8 Å². The topological polar surface area (TPSA) is 69.0 Å². The van der Waals surface area contributed by atoms with E-state index in [4.69, 9.17) is 17.1 Å². The zero-order valence-electron chi connectivity index (χ0n) is 11.1. The van der Waals surface area contributed by atoms with Gasteiger partial charge in [-0.25, -0.2) is 0 Å². The summed E-state index contributed by atoms with van der Waals surface area (Å²) >= 11 is 0. The van der Waals surface area contributed by atoms with Gasteiger partial charge in [0.2, 0.25) is 0 Å². The maximum atomic E-state index is 8.97. The molecule has 96 valence electrons. The maximum Gasteiger partial charge on any atom is 0.115 e. The summed E-state index contributed by atoms with van der Waals surface area (Å²) in [6.07, 6.45) is 4.82. The van der Waals surface area contributed by atoms with E-state index < -0.39 is 0 Å². The minimum absolute atomic E-state index is 0.180. The van der Waals surface area contributed by atoms with Crippen LogP contribution in [0.4, 0.5) is 5.69 Å². The van der Waals surface area contributed by atoms with Gasteiger partial charge in [-0.15, -0.1) is 6.42 Å². The molecule has 1 aromatic rings. The number of rotatable bonds is 1. The predicted molar refractivity (Wildman–Crippen MR) is 79.5 cm³/mol. The van der Waals surface area contributed by atoms with Gasteiger partial charge in [-0.05, 0) is 78.7 Å². The van der Waals surface area contributed by atoms with E-state index in [1.54, 1.807) is 26.0 Å². The van der Waals surface area contributed by atoms with E-state index in [0.29, 0.717) is 5.69 Å². The third-order valence-corrected chi connectivity index (χ3v) is 1.78. The minimum atomic E-state index is 0.180. The SMILES string of the molecule is C#CC#CC#CC#CC.Cc1cc(O)ccc1N=[N+]=[N-].